The van der Waals surface area contributed by atoms with Gasteiger partial charge in [0.05, 0.1) is 12.1 Å². The van der Waals surface area contributed by atoms with Crippen molar-refractivity contribution >= 4 is 23.9 Å². The van der Waals surface area contributed by atoms with E-state index in [1.54, 1.807) is 25.7 Å². The van der Waals surface area contributed by atoms with Crippen LogP contribution in [0.1, 0.15) is 68.8 Å². The molecule has 0 aliphatic carbocycles. The summed E-state index contributed by atoms with van der Waals surface area (Å²) in [5.74, 6) is -3.01. The summed E-state index contributed by atoms with van der Waals surface area (Å²) in [6, 6.07) is 0.703. The van der Waals surface area contributed by atoms with Crippen LogP contribution in [-0.4, -0.2) is 81.3 Å². The summed E-state index contributed by atoms with van der Waals surface area (Å²) in [5.41, 5.74) is -1.63. The molecule has 9 nitrogen and oxygen atoms in total. The Kier molecular flexibility index (Phi) is 8.06. The van der Waals surface area contributed by atoms with E-state index >= 15 is 0 Å². The number of hydrogen-bond acceptors (Lipinski definition) is 5. The second kappa shape index (κ2) is 10.9. The highest BCUT2D eigenvalue weighted by Gasteiger charge is 2.50. The molecule has 4 rings (SSSR count). The molecule has 0 aromatic heterocycles. The highest BCUT2D eigenvalue weighted by atomic mass is 19.4. The smallest absolute Gasteiger partial charge is 0.416 e. The number of rotatable bonds is 5. The third kappa shape index (κ3) is 6.33. The van der Waals surface area contributed by atoms with Crippen LogP contribution >= 0.6 is 0 Å². The van der Waals surface area contributed by atoms with Crippen molar-refractivity contribution in [3.8, 4) is 0 Å². The SMILES string of the molecule is CC(C)(C)OC(=O)N[C@H](C(=O)N1C[C@@H](F)C[C@H]1C(=O)O)C1CC2CCC(C1)N2C(=O)c1ccc(C(F)(F)F)cc1. The van der Waals surface area contributed by atoms with Gasteiger partial charge in [0.15, 0.2) is 0 Å². The van der Waals surface area contributed by atoms with Crippen molar-refractivity contribution < 1.29 is 46.6 Å². The predicted octanol–water partition coefficient (Wildman–Crippen LogP) is 4.01. The zero-order valence-electron chi connectivity index (χ0n) is 22.4. The predicted molar refractivity (Wildman–Crippen MR) is 133 cm³/mol. The fourth-order valence-corrected chi connectivity index (χ4v) is 6.03. The van der Waals surface area contributed by atoms with Crippen LogP contribution in [0.25, 0.3) is 0 Å². The van der Waals surface area contributed by atoms with Crippen LogP contribution in [0.2, 0.25) is 0 Å². The molecule has 220 valence electrons. The molecule has 40 heavy (non-hydrogen) atoms. The first-order valence-corrected chi connectivity index (χ1v) is 13.2. The number of nitrogens with zero attached hydrogens (tertiary/aromatic N) is 2. The van der Waals surface area contributed by atoms with E-state index in [0.717, 1.165) is 29.2 Å². The Morgan fingerprint density at radius 2 is 1.57 bits per heavy atom. The Bertz CT molecular complexity index is 1140. The van der Waals surface area contributed by atoms with Gasteiger partial charge in [-0.1, -0.05) is 0 Å². The molecule has 2 bridgehead atoms. The van der Waals surface area contributed by atoms with Gasteiger partial charge in [0, 0.05) is 24.1 Å². The molecule has 3 amide bonds. The number of hydrogen-bond donors (Lipinski definition) is 2. The lowest BCUT2D eigenvalue weighted by atomic mass is 9.83. The number of halogens is 4. The third-order valence-corrected chi connectivity index (χ3v) is 7.69. The van der Waals surface area contributed by atoms with Gasteiger partial charge in [-0.3, -0.25) is 9.59 Å². The number of alkyl halides is 4. The van der Waals surface area contributed by atoms with Crippen LogP contribution < -0.4 is 5.32 Å². The number of carbonyl (C=O) groups is 4. The van der Waals surface area contributed by atoms with Crippen LogP contribution in [0.5, 0.6) is 0 Å². The minimum Gasteiger partial charge on any atom is -0.480 e. The lowest BCUT2D eigenvalue weighted by Gasteiger charge is -2.42. The number of benzene rings is 1. The van der Waals surface area contributed by atoms with E-state index in [4.69, 9.17) is 4.74 Å². The standard InChI is InChI=1S/C27H33F4N3O6/c1-26(2,3)40-25(39)32-21(23(36)33-13-17(28)12-20(33)24(37)38)15-10-18-8-9-19(11-15)34(18)22(35)14-4-6-16(7-5-14)27(29,30)31/h4-7,15,17-21H,8-13H2,1-3H3,(H,32,39)(H,37,38)/t15?,17-,18?,19?,20-,21-/m0/s1. The number of fused-ring (bicyclic) bond motifs is 2. The topological polar surface area (TPSA) is 116 Å². The number of piperidine rings is 1. The number of carbonyl (C=O) groups excluding carboxylic acids is 3. The van der Waals surface area contributed by atoms with Crippen molar-refractivity contribution in [2.45, 2.75) is 95.0 Å². The van der Waals surface area contributed by atoms with Crippen molar-refractivity contribution in [3.05, 3.63) is 35.4 Å². The van der Waals surface area contributed by atoms with Gasteiger partial charge in [0.2, 0.25) is 5.91 Å². The molecule has 2 N–H and O–H groups in total. The third-order valence-electron chi connectivity index (χ3n) is 7.69. The number of nitrogens with one attached hydrogen (secondary N) is 1. The van der Waals surface area contributed by atoms with E-state index in [9.17, 15) is 41.8 Å². The lowest BCUT2D eigenvalue weighted by Crippen LogP contribution is -2.58. The van der Waals surface area contributed by atoms with Crippen LogP contribution in [0.15, 0.2) is 24.3 Å². The Morgan fingerprint density at radius 3 is 2.08 bits per heavy atom. The minimum atomic E-state index is -4.53. The zero-order chi connectivity index (χ0) is 29.6. The van der Waals surface area contributed by atoms with Gasteiger partial charge >= 0.3 is 18.2 Å². The molecule has 1 aromatic carbocycles. The van der Waals surface area contributed by atoms with Crippen molar-refractivity contribution in [2.24, 2.45) is 5.92 Å². The molecule has 0 spiro atoms. The van der Waals surface area contributed by atoms with Gasteiger partial charge in [0.25, 0.3) is 5.91 Å². The maximum Gasteiger partial charge on any atom is 0.416 e. The Hall–Kier alpha value is -3.38. The van der Waals surface area contributed by atoms with Crippen LogP contribution in [-0.2, 0) is 20.5 Å². The van der Waals surface area contributed by atoms with Gasteiger partial charge in [-0.2, -0.15) is 13.2 Å². The van der Waals surface area contributed by atoms with E-state index in [-0.39, 0.29) is 36.9 Å². The second-order valence-corrected chi connectivity index (χ2v) is 11.7. The quantitative estimate of drug-likeness (QED) is 0.516. The van der Waals surface area contributed by atoms with Gasteiger partial charge in [0.1, 0.15) is 23.9 Å². The summed E-state index contributed by atoms with van der Waals surface area (Å²) in [4.78, 5) is 54.0. The first-order chi connectivity index (χ1) is 18.5. The van der Waals surface area contributed by atoms with Gasteiger partial charge in [-0.05, 0) is 76.6 Å². The van der Waals surface area contributed by atoms with Gasteiger partial charge in [-0.25, -0.2) is 14.0 Å². The molecule has 5 atom stereocenters. The van der Waals surface area contributed by atoms with Crippen molar-refractivity contribution in [1.29, 1.82) is 0 Å². The van der Waals surface area contributed by atoms with E-state index in [0.29, 0.717) is 12.8 Å². The van der Waals surface area contributed by atoms with Crippen LogP contribution in [0.3, 0.4) is 0 Å². The van der Waals surface area contributed by atoms with Crippen molar-refractivity contribution in [1.82, 2.24) is 15.1 Å². The Labute approximate surface area is 228 Å². The molecule has 3 aliphatic rings. The van der Waals surface area contributed by atoms with Crippen molar-refractivity contribution in [2.75, 3.05) is 6.54 Å². The Balaban J connectivity index is 1.55. The van der Waals surface area contributed by atoms with Crippen LogP contribution in [0.4, 0.5) is 22.4 Å². The molecule has 2 unspecified atom stereocenters. The molecule has 1 aromatic rings. The maximum atomic E-state index is 14.2. The molecular formula is C27H33F4N3O6. The van der Waals surface area contributed by atoms with E-state index in [2.05, 4.69) is 5.32 Å². The van der Waals surface area contributed by atoms with E-state index < -0.39 is 71.9 Å². The maximum absolute atomic E-state index is 14.2. The number of carboxylic acids is 1. The molecule has 3 fully saturated rings. The molecular weight excluding hydrogens is 538 g/mol. The summed E-state index contributed by atoms with van der Waals surface area (Å²) in [6.07, 6.45) is -5.55. The monoisotopic (exact) mass is 571 g/mol. The largest absolute Gasteiger partial charge is 0.480 e. The first kappa shape index (κ1) is 29.6. The Morgan fingerprint density at radius 1 is 1.00 bits per heavy atom. The van der Waals surface area contributed by atoms with Gasteiger partial charge in [-0.15, -0.1) is 0 Å². The minimum absolute atomic E-state index is 0.109. The fourth-order valence-electron chi connectivity index (χ4n) is 6.03. The number of ether oxygens (including phenoxy) is 1. The summed E-state index contributed by atoms with van der Waals surface area (Å²) < 4.78 is 58.4. The summed E-state index contributed by atoms with van der Waals surface area (Å²) in [7, 11) is 0. The molecule has 3 heterocycles. The van der Waals surface area contributed by atoms with Crippen LogP contribution in [0, 0.1) is 5.92 Å². The molecule has 0 radical (unpaired) electrons. The van der Waals surface area contributed by atoms with E-state index in [1.807, 2.05) is 0 Å². The average molecular weight is 572 g/mol. The highest BCUT2D eigenvalue weighted by Crippen LogP contribution is 2.42. The molecule has 3 aliphatic heterocycles. The normalized spacial score (nSPS) is 27.3. The number of likely N-dealkylation sites (tertiary alicyclic amines) is 1. The zero-order valence-corrected chi connectivity index (χ0v) is 22.4. The molecule has 0 saturated carbocycles. The average Bonchev–Trinajstić information content (AvgIpc) is 3.36. The first-order valence-electron chi connectivity index (χ1n) is 13.2. The summed E-state index contributed by atoms with van der Waals surface area (Å²) >= 11 is 0. The molecule has 13 heteroatoms. The number of carboxylic acid groups (broad SMARTS) is 1. The highest BCUT2D eigenvalue weighted by molar-refractivity contribution is 5.95. The number of amides is 3. The van der Waals surface area contributed by atoms with Gasteiger partial charge < -0.3 is 25.0 Å². The van der Waals surface area contributed by atoms with E-state index in [1.165, 1.54) is 0 Å². The number of alkyl carbamates (subject to hydrolysis) is 1. The fraction of sp³-hybridized carbons (Fsp3) is 0.630. The summed E-state index contributed by atoms with van der Waals surface area (Å²) in [6.45, 7) is 4.51. The number of aliphatic carboxylic acids is 1. The lowest BCUT2D eigenvalue weighted by molar-refractivity contribution is -0.149. The second-order valence-electron chi connectivity index (χ2n) is 11.7. The van der Waals surface area contributed by atoms with Crippen molar-refractivity contribution in [3.63, 3.8) is 0 Å². The molecule has 3 saturated heterocycles. The summed E-state index contributed by atoms with van der Waals surface area (Å²) in [5, 5.41) is 12.1.